The SMILES string of the molecule is COc1ccc(-c2cc(C=O)ccc2C)cc1CNC(=O)c1ccc(Cl)cc1F. The molecule has 6 heteroatoms. The molecule has 0 aromatic heterocycles. The molecule has 148 valence electrons. The number of methoxy groups -OCH3 is 1. The van der Waals surface area contributed by atoms with Crippen molar-refractivity contribution in [2.45, 2.75) is 13.5 Å². The van der Waals surface area contributed by atoms with Gasteiger partial charge in [-0.1, -0.05) is 29.8 Å². The fourth-order valence-electron chi connectivity index (χ4n) is 3.05. The van der Waals surface area contributed by atoms with Gasteiger partial charge in [0.05, 0.1) is 12.7 Å². The summed E-state index contributed by atoms with van der Waals surface area (Å²) in [7, 11) is 1.54. The van der Waals surface area contributed by atoms with Crippen LogP contribution in [0.2, 0.25) is 5.02 Å². The molecule has 0 atom stereocenters. The van der Waals surface area contributed by atoms with Crippen LogP contribution in [0.4, 0.5) is 4.39 Å². The van der Waals surface area contributed by atoms with E-state index in [-0.39, 0.29) is 17.1 Å². The fourth-order valence-corrected chi connectivity index (χ4v) is 3.21. The van der Waals surface area contributed by atoms with Gasteiger partial charge in [-0.15, -0.1) is 0 Å². The predicted octanol–water partition coefficient (Wildman–Crippen LogP) is 5.21. The fraction of sp³-hybridized carbons (Fsp3) is 0.130. The first kappa shape index (κ1) is 20.6. The first-order chi connectivity index (χ1) is 13.9. The number of nitrogens with one attached hydrogen (secondary N) is 1. The molecule has 3 rings (SSSR count). The van der Waals surface area contributed by atoms with Crippen molar-refractivity contribution in [1.29, 1.82) is 0 Å². The Morgan fingerprint density at radius 1 is 1.14 bits per heavy atom. The molecule has 1 amide bonds. The molecule has 0 aliphatic rings. The smallest absolute Gasteiger partial charge is 0.254 e. The second kappa shape index (κ2) is 8.88. The maximum Gasteiger partial charge on any atom is 0.254 e. The Labute approximate surface area is 173 Å². The lowest BCUT2D eigenvalue weighted by Crippen LogP contribution is -2.24. The minimum atomic E-state index is -0.683. The zero-order chi connectivity index (χ0) is 21.0. The first-order valence-corrected chi connectivity index (χ1v) is 9.27. The normalized spacial score (nSPS) is 10.5. The highest BCUT2D eigenvalue weighted by molar-refractivity contribution is 6.30. The van der Waals surface area contributed by atoms with E-state index in [9.17, 15) is 14.0 Å². The van der Waals surface area contributed by atoms with Gasteiger partial charge in [0.15, 0.2) is 0 Å². The van der Waals surface area contributed by atoms with E-state index in [0.29, 0.717) is 11.3 Å². The minimum Gasteiger partial charge on any atom is -0.496 e. The number of hydrogen-bond donors (Lipinski definition) is 1. The van der Waals surface area contributed by atoms with Crippen molar-refractivity contribution in [1.82, 2.24) is 5.32 Å². The number of ether oxygens (including phenoxy) is 1. The van der Waals surface area contributed by atoms with E-state index in [1.165, 1.54) is 19.2 Å². The van der Waals surface area contributed by atoms with E-state index in [1.54, 1.807) is 12.1 Å². The van der Waals surface area contributed by atoms with Gasteiger partial charge in [-0.3, -0.25) is 9.59 Å². The highest BCUT2D eigenvalue weighted by Gasteiger charge is 2.14. The number of hydrogen-bond acceptors (Lipinski definition) is 3. The molecule has 3 aromatic rings. The molecular weight excluding hydrogens is 393 g/mol. The van der Waals surface area contributed by atoms with Crippen LogP contribution in [0.5, 0.6) is 5.75 Å². The van der Waals surface area contributed by atoms with Crippen LogP contribution in [-0.4, -0.2) is 19.3 Å². The van der Waals surface area contributed by atoms with Gasteiger partial charge in [0.25, 0.3) is 5.91 Å². The molecule has 0 aliphatic heterocycles. The van der Waals surface area contributed by atoms with Gasteiger partial charge in [-0.25, -0.2) is 4.39 Å². The average molecular weight is 412 g/mol. The van der Waals surface area contributed by atoms with E-state index in [4.69, 9.17) is 16.3 Å². The summed E-state index contributed by atoms with van der Waals surface area (Å²) in [6.45, 7) is 2.10. The molecule has 0 fully saturated rings. The monoisotopic (exact) mass is 411 g/mol. The Kier molecular flexibility index (Phi) is 6.29. The molecule has 1 N–H and O–H groups in total. The van der Waals surface area contributed by atoms with Crippen LogP contribution in [0, 0.1) is 12.7 Å². The Morgan fingerprint density at radius 2 is 1.93 bits per heavy atom. The van der Waals surface area contributed by atoms with Crippen LogP contribution in [0.1, 0.15) is 31.8 Å². The van der Waals surface area contributed by atoms with Gasteiger partial charge < -0.3 is 10.1 Å². The van der Waals surface area contributed by atoms with Gasteiger partial charge in [-0.2, -0.15) is 0 Å². The number of halogens is 2. The molecule has 3 aromatic carbocycles. The van der Waals surface area contributed by atoms with Crippen molar-refractivity contribution in [2.24, 2.45) is 0 Å². The van der Waals surface area contributed by atoms with Crippen molar-refractivity contribution < 1.29 is 18.7 Å². The lowest BCUT2D eigenvalue weighted by molar-refractivity contribution is 0.0946. The molecule has 4 nitrogen and oxygen atoms in total. The lowest BCUT2D eigenvalue weighted by atomic mass is 9.96. The molecule has 0 unspecified atom stereocenters. The molecule has 0 saturated heterocycles. The van der Waals surface area contributed by atoms with E-state index < -0.39 is 11.7 Å². The van der Waals surface area contributed by atoms with E-state index in [2.05, 4.69) is 5.32 Å². The Hall–Kier alpha value is -3.18. The van der Waals surface area contributed by atoms with Crippen molar-refractivity contribution in [3.63, 3.8) is 0 Å². The lowest BCUT2D eigenvalue weighted by Gasteiger charge is -2.14. The van der Waals surface area contributed by atoms with Gasteiger partial charge in [0, 0.05) is 22.7 Å². The zero-order valence-electron chi connectivity index (χ0n) is 16.0. The summed E-state index contributed by atoms with van der Waals surface area (Å²) in [4.78, 5) is 23.5. The third-order valence-electron chi connectivity index (χ3n) is 4.60. The average Bonchev–Trinajstić information content (AvgIpc) is 2.72. The van der Waals surface area contributed by atoms with Crippen LogP contribution in [0.3, 0.4) is 0 Å². The summed E-state index contributed by atoms with van der Waals surface area (Å²) >= 11 is 5.73. The van der Waals surface area contributed by atoms with E-state index in [0.717, 1.165) is 34.6 Å². The summed E-state index contributed by atoms with van der Waals surface area (Å²) in [5.41, 5.74) is 4.03. The maximum absolute atomic E-state index is 14.0. The summed E-state index contributed by atoms with van der Waals surface area (Å²) < 4.78 is 19.4. The predicted molar refractivity (Wildman–Crippen MR) is 111 cm³/mol. The van der Waals surface area contributed by atoms with Crippen LogP contribution in [0.25, 0.3) is 11.1 Å². The van der Waals surface area contributed by atoms with Crippen molar-refractivity contribution in [2.75, 3.05) is 7.11 Å². The largest absolute Gasteiger partial charge is 0.496 e. The number of aldehydes is 1. The van der Waals surface area contributed by atoms with Crippen LogP contribution >= 0.6 is 11.6 Å². The molecule has 0 radical (unpaired) electrons. The summed E-state index contributed by atoms with van der Waals surface area (Å²) in [6.07, 6.45) is 0.800. The summed E-state index contributed by atoms with van der Waals surface area (Å²) in [5, 5.41) is 2.93. The van der Waals surface area contributed by atoms with Crippen molar-refractivity contribution in [3.05, 3.63) is 87.7 Å². The Bertz CT molecular complexity index is 1080. The summed E-state index contributed by atoms with van der Waals surface area (Å²) in [6, 6.07) is 14.9. The van der Waals surface area contributed by atoms with Crippen molar-refractivity contribution >= 4 is 23.8 Å². The molecule has 0 saturated carbocycles. The number of rotatable bonds is 6. The molecule has 0 spiro atoms. The molecule has 29 heavy (non-hydrogen) atoms. The third kappa shape index (κ3) is 4.63. The Morgan fingerprint density at radius 3 is 2.62 bits per heavy atom. The standard InChI is InChI=1S/C23H19ClFNO3/c1-14-3-4-15(13-27)9-20(14)16-5-8-22(29-2)17(10-16)12-26-23(28)19-7-6-18(24)11-21(19)25/h3-11,13H,12H2,1-2H3,(H,26,28). The van der Waals surface area contributed by atoms with E-state index in [1.807, 2.05) is 31.2 Å². The van der Waals surface area contributed by atoms with Gasteiger partial charge in [0.1, 0.15) is 17.9 Å². The second-order valence-corrected chi connectivity index (χ2v) is 6.96. The van der Waals surface area contributed by atoms with Crippen LogP contribution in [-0.2, 0) is 6.54 Å². The number of benzene rings is 3. The molecular formula is C23H19ClFNO3. The second-order valence-electron chi connectivity index (χ2n) is 6.53. The highest BCUT2D eigenvalue weighted by Crippen LogP contribution is 2.29. The van der Waals surface area contributed by atoms with Crippen LogP contribution in [0.15, 0.2) is 54.6 Å². The topological polar surface area (TPSA) is 55.4 Å². The number of carbonyl (C=O) groups is 2. The van der Waals surface area contributed by atoms with Gasteiger partial charge in [0.2, 0.25) is 0 Å². The number of aryl methyl sites for hydroxylation is 1. The quantitative estimate of drug-likeness (QED) is 0.567. The van der Waals surface area contributed by atoms with Crippen LogP contribution < -0.4 is 10.1 Å². The van der Waals surface area contributed by atoms with Gasteiger partial charge >= 0.3 is 0 Å². The number of carbonyl (C=O) groups excluding carboxylic acids is 2. The molecule has 0 bridgehead atoms. The first-order valence-electron chi connectivity index (χ1n) is 8.89. The minimum absolute atomic E-state index is 0.0842. The maximum atomic E-state index is 14.0. The highest BCUT2D eigenvalue weighted by atomic mass is 35.5. The van der Waals surface area contributed by atoms with Crippen molar-refractivity contribution in [3.8, 4) is 16.9 Å². The third-order valence-corrected chi connectivity index (χ3v) is 4.84. The zero-order valence-corrected chi connectivity index (χ0v) is 16.7. The van der Waals surface area contributed by atoms with E-state index >= 15 is 0 Å². The number of amides is 1. The van der Waals surface area contributed by atoms with Gasteiger partial charge in [-0.05, 0) is 60.0 Å². The molecule has 0 heterocycles. The molecule has 0 aliphatic carbocycles. The summed E-state index contributed by atoms with van der Waals surface area (Å²) in [5.74, 6) is -0.641. The Balaban J connectivity index is 1.88.